The number of aliphatic imine (C=N–C) groups is 1. The van der Waals surface area contributed by atoms with Gasteiger partial charge in [-0.15, -0.1) is 21.5 Å². The monoisotopic (exact) mass is 511 g/mol. The number of sulfonamides is 1. The number of hydrogen-bond acceptors (Lipinski definition) is 6. The Balaban J connectivity index is 1.70. The molecule has 34 heavy (non-hydrogen) atoms. The third kappa shape index (κ3) is 4.09. The first-order valence-corrected chi connectivity index (χ1v) is 13.4. The van der Waals surface area contributed by atoms with Gasteiger partial charge in [-0.05, 0) is 50.6 Å². The second-order valence-corrected chi connectivity index (χ2v) is 11.3. The third-order valence-electron chi connectivity index (χ3n) is 5.64. The molecule has 0 aliphatic carbocycles. The number of benzene rings is 2. The quantitative estimate of drug-likeness (QED) is 0.409. The summed E-state index contributed by atoms with van der Waals surface area (Å²) in [5.41, 5.74) is 3.39. The number of aromatic nitrogens is 3. The first kappa shape index (κ1) is 22.9. The Labute approximate surface area is 207 Å². The number of hydrogen-bond donors (Lipinski definition) is 1. The van der Waals surface area contributed by atoms with Crippen LogP contribution in [0.15, 0.2) is 64.5 Å². The smallest absolute Gasteiger partial charge is 0.242 e. The van der Waals surface area contributed by atoms with Gasteiger partial charge in [0.2, 0.25) is 10.0 Å². The molecule has 2 aromatic carbocycles. The molecule has 0 amide bonds. The van der Waals surface area contributed by atoms with Crippen molar-refractivity contribution < 1.29 is 8.42 Å². The molecule has 1 unspecified atom stereocenters. The van der Waals surface area contributed by atoms with Gasteiger partial charge in [0.25, 0.3) is 0 Å². The molecule has 0 bridgehead atoms. The summed E-state index contributed by atoms with van der Waals surface area (Å²) in [4.78, 5) is 6.26. The highest BCUT2D eigenvalue weighted by molar-refractivity contribution is 7.89. The van der Waals surface area contributed by atoms with E-state index < -0.39 is 16.2 Å². The minimum Gasteiger partial charge on any atom is -0.270 e. The molecule has 1 atom stereocenters. The lowest BCUT2D eigenvalue weighted by atomic mass is 10.0. The van der Waals surface area contributed by atoms with Gasteiger partial charge in [0.15, 0.2) is 12.0 Å². The van der Waals surface area contributed by atoms with E-state index in [0.29, 0.717) is 22.4 Å². The van der Waals surface area contributed by atoms with Crippen molar-refractivity contribution in [2.75, 3.05) is 0 Å². The Kier molecular flexibility index (Phi) is 5.89. The number of fused-ring (bicyclic) bond motifs is 3. The number of halogens is 1. The molecule has 0 saturated heterocycles. The van der Waals surface area contributed by atoms with Gasteiger partial charge in [0.1, 0.15) is 10.8 Å². The summed E-state index contributed by atoms with van der Waals surface area (Å²) in [6.45, 7) is 5.86. The largest absolute Gasteiger partial charge is 0.270 e. The van der Waals surface area contributed by atoms with E-state index >= 15 is 0 Å². The van der Waals surface area contributed by atoms with Gasteiger partial charge in [0, 0.05) is 21.0 Å². The van der Waals surface area contributed by atoms with E-state index in [1.54, 1.807) is 47.7 Å². The summed E-state index contributed by atoms with van der Waals surface area (Å²) >= 11 is 7.76. The van der Waals surface area contributed by atoms with Crippen LogP contribution < -0.4 is 4.72 Å². The van der Waals surface area contributed by atoms with Crippen LogP contribution in [0.3, 0.4) is 0 Å². The zero-order chi connectivity index (χ0) is 24.0. The summed E-state index contributed by atoms with van der Waals surface area (Å²) in [6.07, 6.45) is -0.103. The van der Waals surface area contributed by atoms with Crippen molar-refractivity contribution in [1.82, 2.24) is 19.5 Å². The van der Waals surface area contributed by atoms with Crippen LogP contribution in [-0.4, -0.2) is 28.9 Å². The number of rotatable bonds is 5. The minimum atomic E-state index is -3.88. The fourth-order valence-corrected chi connectivity index (χ4v) is 6.21. The zero-order valence-corrected chi connectivity index (χ0v) is 21.2. The SMILES string of the molecule is CCc1cc2c(s1)-n1c(C)nnc1C(NS(=O)(=O)c1ccc(C)cc1)N=C2c1ccc(Cl)cc1. The summed E-state index contributed by atoms with van der Waals surface area (Å²) in [5, 5.41) is 10.1. The van der Waals surface area contributed by atoms with Crippen molar-refractivity contribution in [1.29, 1.82) is 0 Å². The maximum absolute atomic E-state index is 13.3. The van der Waals surface area contributed by atoms with Crippen LogP contribution in [0.5, 0.6) is 0 Å². The minimum absolute atomic E-state index is 0.163. The van der Waals surface area contributed by atoms with Crippen molar-refractivity contribution in [2.45, 2.75) is 38.3 Å². The molecule has 1 N–H and O–H groups in total. The third-order valence-corrected chi connectivity index (χ3v) is 8.58. The fourth-order valence-electron chi connectivity index (χ4n) is 3.85. The summed E-state index contributed by atoms with van der Waals surface area (Å²) < 4.78 is 31.2. The molecule has 0 radical (unpaired) electrons. The predicted molar refractivity (Wildman–Crippen MR) is 135 cm³/mol. The van der Waals surface area contributed by atoms with Crippen molar-refractivity contribution in [2.24, 2.45) is 4.99 Å². The van der Waals surface area contributed by atoms with Gasteiger partial charge in [-0.1, -0.05) is 48.4 Å². The molecular weight excluding hydrogens is 490 g/mol. The maximum atomic E-state index is 13.3. The molecule has 1 aliphatic rings. The van der Waals surface area contributed by atoms with E-state index in [2.05, 4.69) is 27.9 Å². The number of nitrogens with one attached hydrogen (secondary N) is 1. The van der Waals surface area contributed by atoms with Gasteiger partial charge in [0.05, 0.1) is 10.6 Å². The summed E-state index contributed by atoms with van der Waals surface area (Å²) in [5.74, 6) is 1.08. The summed E-state index contributed by atoms with van der Waals surface area (Å²) in [6, 6.07) is 16.2. The average Bonchev–Trinajstić information content (AvgIpc) is 3.37. The molecule has 5 rings (SSSR count). The van der Waals surface area contributed by atoms with Crippen molar-refractivity contribution >= 4 is 38.7 Å². The molecule has 4 aromatic rings. The predicted octanol–water partition coefficient (Wildman–Crippen LogP) is 4.99. The topological polar surface area (TPSA) is 89.2 Å². The molecule has 7 nitrogen and oxygen atoms in total. The van der Waals surface area contributed by atoms with E-state index in [1.165, 1.54) is 4.88 Å². The molecule has 3 heterocycles. The number of thiophene rings is 1. The molecular formula is C24H22ClN5O2S2. The number of aryl methyl sites for hydroxylation is 3. The molecule has 2 aromatic heterocycles. The Hall–Kier alpha value is -2.85. The Morgan fingerprint density at radius 2 is 1.76 bits per heavy atom. The lowest BCUT2D eigenvalue weighted by Crippen LogP contribution is -2.29. The van der Waals surface area contributed by atoms with Crippen molar-refractivity contribution in [3.8, 4) is 5.00 Å². The molecule has 174 valence electrons. The van der Waals surface area contributed by atoms with E-state index in [0.717, 1.165) is 28.1 Å². The first-order chi connectivity index (χ1) is 16.3. The second-order valence-electron chi connectivity index (χ2n) is 8.05. The van der Waals surface area contributed by atoms with Crippen LogP contribution in [0, 0.1) is 13.8 Å². The maximum Gasteiger partial charge on any atom is 0.242 e. The standard InChI is InChI=1S/C24H22ClN5O2S2/c1-4-18-13-20-21(16-7-9-17(25)10-8-16)26-22(23-28-27-15(3)30(23)24(20)33-18)29-34(31,32)19-11-5-14(2)6-12-19/h5-13,22,29H,4H2,1-3H3. The molecule has 10 heteroatoms. The normalized spacial score (nSPS) is 15.4. The van der Waals surface area contributed by atoms with Crippen molar-refractivity contribution in [3.63, 3.8) is 0 Å². The van der Waals surface area contributed by atoms with Gasteiger partial charge in [-0.3, -0.25) is 9.56 Å². The van der Waals surface area contributed by atoms with Crippen LogP contribution in [0.1, 0.15) is 46.3 Å². The van der Waals surface area contributed by atoms with Gasteiger partial charge in [-0.2, -0.15) is 4.72 Å². The van der Waals surface area contributed by atoms with E-state index in [4.69, 9.17) is 16.6 Å². The Morgan fingerprint density at radius 1 is 1.06 bits per heavy atom. The van der Waals surface area contributed by atoms with E-state index in [-0.39, 0.29) is 4.90 Å². The Morgan fingerprint density at radius 3 is 2.44 bits per heavy atom. The molecule has 0 fully saturated rings. The van der Waals surface area contributed by atoms with Crippen LogP contribution in [0.2, 0.25) is 5.02 Å². The van der Waals surface area contributed by atoms with Crippen LogP contribution in [0.4, 0.5) is 0 Å². The highest BCUT2D eigenvalue weighted by atomic mass is 35.5. The molecule has 0 spiro atoms. The molecule has 0 saturated carbocycles. The van der Waals surface area contributed by atoms with Crippen LogP contribution in [0.25, 0.3) is 5.00 Å². The van der Waals surface area contributed by atoms with E-state index in [9.17, 15) is 8.42 Å². The fraction of sp³-hybridized carbons (Fsp3) is 0.208. The van der Waals surface area contributed by atoms with Gasteiger partial charge >= 0.3 is 0 Å². The van der Waals surface area contributed by atoms with E-state index in [1.807, 2.05) is 30.5 Å². The first-order valence-electron chi connectivity index (χ1n) is 10.7. The number of nitrogens with zero attached hydrogens (tertiary/aromatic N) is 4. The zero-order valence-electron chi connectivity index (χ0n) is 18.8. The lowest BCUT2D eigenvalue weighted by molar-refractivity contribution is 0.551. The van der Waals surface area contributed by atoms with Gasteiger partial charge < -0.3 is 0 Å². The highest BCUT2D eigenvalue weighted by Crippen LogP contribution is 2.36. The van der Waals surface area contributed by atoms with Crippen molar-refractivity contribution in [3.05, 3.63) is 92.8 Å². The molecule has 1 aliphatic heterocycles. The van der Waals surface area contributed by atoms with Gasteiger partial charge in [-0.25, -0.2) is 8.42 Å². The lowest BCUT2D eigenvalue weighted by Gasteiger charge is -2.15. The summed E-state index contributed by atoms with van der Waals surface area (Å²) in [7, 11) is -3.88. The Bertz CT molecular complexity index is 1500. The van der Waals surface area contributed by atoms with Crippen LogP contribution >= 0.6 is 22.9 Å². The van der Waals surface area contributed by atoms with Crippen LogP contribution in [-0.2, 0) is 16.4 Å². The second kappa shape index (κ2) is 8.74. The average molecular weight is 512 g/mol. The highest BCUT2D eigenvalue weighted by Gasteiger charge is 2.32.